The lowest BCUT2D eigenvalue weighted by Gasteiger charge is -2.22. The summed E-state index contributed by atoms with van der Waals surface area (Å²) in [5.74, 6) is -0.263. The molecule has 1 amide bonds. The molecule has 6 nitrogen and oxygen atoms in total. The summed E-state index contributed by atoms with van der Waals surface area (Å²) in [5, 5.41) is 11.7. The van der Waals surface area contributed by atoms with Gasteiger partial charge in [-0.15, -0.1) is 0 Å². The van der Waals surface area contributed by atoms with Gasteiger partial charge in [-0.2, -0.15) is 5.26 Å². The number of nitriles is 1. The van der Waals surface area contributed by atoms with E-state index < -0.39 is 10.0 Å². The third-order valence-corrected chi connectivity index (χ3v) is 5.30. The molecule has 0 bridgehead atoms. The summed E-state index contributed by atoms with van der Waals surface area (Å²) < 4.78 is 25.3. The zero-order chi connectivity index (χ0) is 19.3. The minimum Gasteiger partial charge on any atom is -0.326 e. The normalized spacial score (nSPS) is 10.8. The second-order valence-electron chi connectivity index (χ2n) is 6.04. The standard InChI is InChI=1S/C19H21N3O3S/c1-14-5-4-6-18(15(14)2)21-19(23)11-12-22(26(3,24)25)17-9-7-16(13-20)8-10-17/h4-10H,11-12H2,1-3H3,(H,21,23). The van der Waals surface area contributed by atoms with E-state index in [1.165, 1.54) is 0 Å². The van der Waals surface area contributed by atoms with Crippen molar-refractivity contribution in [3.63, 3.8) is 0 Å². The summed E-state index contributed by atoms with van der Waals surface area (Å²) in [4.78, 5) is 12.3. The number of sulfonamides is 1. The lowest BCUT2D eigenvalue weighted by atomic mass is 10.1. The number of hydrogen-bond donors (Lipinski definition) is 1. The molecule has 0 saturated heterocycles. The smallest absolute Gasteiger partial charge is 0.232 e. The summed E-state index contributed by atoms with van der Waals surface area (Å²) in [6.45, 7) is 3.90. The Morgan fingerprint density at radius 1 is 1.15 bits per heavy atom. The molecule has 0 saturated carbocycles. The topological polar surface area (TPSA) is 90.3 Å². The number of carbonyl (C=O) groups excluding carboxylic acids is 1. The summed E-state index contributed by atoms with van der Waals surface area (Å²) in [6.07, 6.45) is 1.11. The summed E-state index contributed by atoms with van der Waals surface area (Å²) in [5.41, 5.74) is 3.63. The average molecular weight is 371 g/mol. The van der Waals surface area contributed by atoms with Crippen molar-refractivity contribution in [3.8, 4) is 6.07 Å². The van der Waals surface area contributed by atoms with Crippen LogP contribution in [-0.2, 0) is 14.8 Å². The maximum absolute atomic E-state index is 12.3. The predicted octanol–water partition coefficient (Wildman–Crippen LogP) is 2.97. The van der Waals surface area contributed by atoms with Crippen molar-refractivity contribution in [2.75, 3.05) is 22.4 Å². The molecule has 0 aliphatic heterocycles. The van der Waals surface area contributed by atoms with E-state index in [0.29, 0.717) is 11.3 Å². The first-order valence-electron chi connectivity index (χ1n) is 8.06. The number of anilines is 2. The largest absolute Gasteiger partial charge is 0.326 e. The highest BCUT2D eigenvalue weighted by Gasteiger charge is 2.19. The Morgan fingerprint density at radius 3 is 2.38 bits per heavy atom. The van der Waals surface area contributed by atoms with Gasteiger partial charge in [0.05, 0.1) is 23.6 Å². The minimum absolute atomic E-state index is 0.0143. The molecule has 0 spiro atoms. The number of aryl methyl sites for hydroxylation is 1. The predicted molar refractivity (Wildman–Crippen MR) is 103 cm³/mol. The number of carbonyl (C=O) groups is 1. The molecule has 136 valence electrons. The second kappa shape index (κ2) is 8.02. The Bertz CT molecular complexity index is 945. The van der Waals surface area contributed by atoms with Crippen molar-refractivity contribution in [3.05, 3.63) is 59.2 Å². The third kappa shape index (κ3) is 4.83. The number of hydrogen-bond acceptors (Lipinski definition) is 4. The first-order valence-corrected chi connectivity index (χ1v) is 9.91. The van der Waals surface area contributed by atoms with Gasteiger partial charge >= 0.3 is 0 Å². The Balaban J connectivity index is 2.11. The molecule has 1 N–H and O–H groups in total. The molecule has 2 aromatic carbocycles. The number of amides is 1. The number of nitrogens with one attached hydrogen (secondary N) is 1. The van der Waals surface area contributed by atoms with Gasteiger partial charge in [0.2, 0.25) is 15.9 Å². The molecule has 26 heavy (non-hydrogen) atoms. The van der Waals surface area contributed by atoms with E-state index in [4.69, 9.17) is 5.26 Å². The Kier molecular flexibility index (Phi) is 6.01. The van der Waals surface area contributed by atoms with E-state index in [1.807, 2.05) is 38.1 Å². The molecule has 7 heteroatoms. The fraction of sp³-hybridized carbons (Fsp3) is 0.263. The number of benzene rings is 2. The lowest BCUT2D eigenvalue weighted by molar-refractivity contribution is -0.116. The number of rotatable bonds is 6. The van der Waals surface area contributed by atoms with Crippen molar-refractivity contribution in [1.82, 2.24) is 0 Å². The van der Waals surface area contributed by atoms with E-state index in [1.54, 1.807) is 24.3 Å². The van der Waals surface area contributed by atoms with Crippen LogP contribution in [0.1, 0.15) is 23.1 Å². The molecule has 0 unspecified atom stereocenters. The van der Waals surface area contributed by atoms with Crippen molar-refractivity contribution in [2.24, 2.45) is 0 Å². The monoisotopic (exact) mass is 371 g/mol. The summed E-state index contributed by atoms with van der Waals surface area (Å²) >= 11 is 0. The molecule has 0 radical (unpaired) electrons. The van der Waals surface area contributed by atoms with Crippen LogP contribution in [0.5, 0.6) is 0 Å². The van der Waals surface area contributed by atoms with Crippen molar-refractivity contribution in [2.45, 2.75) is 20.3 Å². The molecule has 0 fully saturated rings. The van der Waals surface area contributed by atoms with Crippen LogP contribution in [0.15, 0.2) is 42.5 Å². The van der Waals surface area contributed by atoms with Crippen molar-refractivity contribution in [1.29, 1.82) is 5.26 Å². The van der Waals surface area contributed by atoms with Crippen molar-refractivity contribution < 1.29 is 13.2 Å². The lowest BCUT2D eigenvalue weighted by Crippen LogP contribution is -2.33. The van der Waals surface area contributed by atoms with Gasteiger partial charge in [0.1, 0.15) is 0 Å². The van der Waals surface area contributed by atoms with E-state index in [0.717, 1.165) is 27.4 Å². The van der Waals surface area contributed by atoms with Gasteiger partial charge in [-0.1, -0.05) is 12.1 Å². The molecule has 0 heterocycles. The molecular weight excluding hydrogens is 350 g/mol. The molecule has 0 atom stereocenters. The molecule has 2 aromatic rings. The second-order valence-corrected chi connectivity index (χ2v) is 7.95. The number of nitrogens with zero attached hydrogens (tertiary/aromatic N) is 2. The Labute approximate surface area is 154 Å². The maximum Gasteiger partial charge on any atom is 0.232 e. The van der Waals surface area contributed by atoms with Gasteiger partial charge in [-0.25, -0.2) is 8.42 Å². The highest BCUT2D eigenvalue weighted by Crippen LogP contribution is 2.20. The Morgan fingerprint density at radius 2 is 1.81 bits per heavy atom. The minimum atomic E-state index is -3.55. The highest BCUT2D eigenvalue weighted by molar-refractivity contribution is 7.92. The SMILES string of the molecule is Cc1cccc(NC(=O)CCN(c2ccc(C#N)cc2)S(C)(=O)=O)c1C. The van der Waals surface area contributed by atoms with Crippen LogP contribution in [0, 0.1) is 25.2 Å². The first kappa shape index (κ1) is 19.5. The van der Waals surface area contributed by atoms with E-state index in [-0.39, 0.29) is 18.9 Å². The molecular formula is C19H21N3O3S. The molecule has 2 rings (SSSR count). The van der Waals surface area contributed by atoms with Gasteiger partial charge < -0.3 is 5.32 Å². The van der Waals surface area contributed by atoms with Crippen molar-refractivity contribution >= 4 is 27.3 Å². The van der Waals surface area contributed by atoms with Crippen LogP contribution < -0.4 is 9.62 Å². The van der Waals surface area contributed by atoms with Crippen LogP contribution >= 0.6 is 0 Å². The van der Waals surface area contributed by atoms with Gasteiger partial charge in [-0.05, 0) is 55.3 Å². The molecule has 0 aliphatic rings. The van der Waals surface area contributed by atoms with Gasteiger partial charge in [-0.3, -0.25) is 9.10 Å². The van der Waals surface area contributed by atoms with Crippen LogP contribution in [0.3, 0.4) is 0 Å². The van der Waals surface area contributed by atoms with Gasteiger partial charge in [0.15, 0.2) is 0 Å². The summed E-state index contributed by atoms with van der Waals surface area (Å²) in [7, 11) is -3.55. The van der Waals surface area contributed by atoms with E-state index in [2.05, 4.69) is 5.32 Å². The van der Waals surface area contributed by atoms with Gasteiger partial charge in [0.25, 0.3) is 0 Å². The molecule has 0 aliphatic carbocycles. The highest BCUT2D eigenvalue weighted by atomic mass is 32.2. The average Bonchev–Trinajstić information content (AvgIpc) is 2.58. The Hall–Kier alpha value is -2.85. The fourth-order valence-corrected chi connectivity index (χ4v) is 3.42. The fourth-order valence-electron chi connectivity index (χ4n) is 2.49. The van der Waals surface area contributed by atoms with Crippen LogP contribution in [0.2, 0.25) is 0 Å². The summed E-state index contributed by atoms with van der Waals surface area (Å²) in [6, 6.07) is 13.8. The van der Waals surface area contributed by atoms with Crippen LogP contribution in [-0.4, -0.2) is 27.1 Å². The zero-order valence-electron chi connectivity index (χ0n) is 15.0. The van der Waals surface area contributed by atoms with Crippen LogP contribution in [0.25, 0.3) is 0 Å². The maximum atomic E-state index is 12.3. The quantitative estimate of drug-likeness (QED) is 0.845. The van der Waals surface area contributed by atoms with Crippen LogP contribution in [0.4, 0.5) is 11.4 Å². The first-order chi connectivity index (χ1) is 12.2. The third-order valence-electron chi connectivity index (χ3n) is 4.11. The molecule has 0 aromatic heterocycles. The van der Waals surface area contributed by atoms with Gasteiger partial charge in [0, 0.05) is 18.7 Å². The van der Waals surface area contributed by atoms with E-state index >= 15 is 0 Å². The van der Waals surface area contributed by atoms with E-state index in [9.17, 15) is 13.2 Å². The zero-order valence-corrected chi connectivity index (χ0v) is 15.8.